The van der Waals surface area contributed by atoms with E-state index in [0.717, 1.165) is 57.4 Å². The second-order valence-corrected chi connectivity index (χ2v) is 12.1. The fourth-order valence-corrected chi connectivity index (χ4v) is 5.47. The molecule has 9 heteroatoms. The maximum absolute atomic E-state index is 12.9. The van der Waals surface area contributed by atoms with E-state index in [0.29, 0.717) is 12.8 Å². The molecule has 43 heavy (non-hydrogen) atoms. The summed E-state index contributed by atoms with van der Waals surface area (Å²) in [5.41, 5.74) is -0.797. The Hall–Kier alpha value is -0.814. The van der Waals surface area contributed by atoms with Gasteiger partial charge in [0.05, 0.1) is 29.2 Å². The molecule has 0 fully saturated rings. The Balaban J connectivity index is 0.0000176. The fourth-order valence-electron chi connectivity index (χ4n) is 4.78. The molecule has 0 N–H and O–H groups in total. The van der Waals surface area contributed by atoms with Crippen molar-refractivity contribution in [3.63, 3.8) is 0 Å². The maximum atomic E-state index is 12.9. The summed E-state index contributed by atoms with van der Waals surface area (Å²) >= 11 is 0. The molecule has 1 aromatic carbocycles. The van der Waals surface area contributed by atoms with Crippen LogP contribution in [-0.4, -0.2) is 38.1 Å². The summed E-state index contributed by atoms with van der Waals surface area (Å²) < 4.78 is 46.2. The van der Waals surface area contributed by atoms with E-state index >= 15 is 0 Å². The van der Waals surface area contributed by atoms with Gasteiger partial charge in [-0.3, -0.25) is 0 Å². The monoisotopic (exact) mass is 644 g/mol. The molecule has 0 atom stereocenters. The molecule has 0 amide bonds. The van der Waals surface area contributed by atoms with Crippen LogP contribution in [0, 0.1) is 0 Å². The molecule has 0 saturated heterocycles. The molecule has 0 heterocycles. The average Bonchev–Trinajstić information content (AvgIpc) is 2.97. The van der Waals surface area contributed by atoms with Crippen molar-refractivity contribution in [2.24, 2.45) is 0 Å². The van der Waals surface area contributed by atoms with Crippen LogP contribution in [-0.2, 0) is 19.6 Å². The Kier molecular flexibility index (Phi) is 27.0. The first-order chi connectivity index (χ1) is 20.3. The number of hydrogen-bond donors (Lipinski definition) is 0. The largest absolute Gasteiger partial charge is 1.00 e. The first kappa shape index (κ1) is 42.2. The van der Waals surface area contributed by atoms with Gasteiger partial charge in [0, 0.05) is 0 Å². The third-order valence-electron chi connectivity index (χ3n) is 7.19. The van der Waals surface area contributed by atoms with E-state index in [4.69, 9.17) is 9.47 Å². The van der Waals surface area contributed by atoms with E-state index in [1.165, 1.54) is 63.5 Å². The van der Waals surface area contributed by atoms with E-state index in [1.54, 1.807) is 0 Å². The topological polar surface area (TPSA) is 110 Å². The van der Waals surface area contributed by atoms with E-state index < -0.39 is 32.5 Å². The molecule has 1 aromatic rings. The molecule has 0 aliphatic heterocycles. The minimum atomic E-state index is -5.00. The van der Waals surface area contributed by atoms with Gasteiger partial charge < -0.3 is 14.0 Å². The number of rotatable bonds is 25. The Morgan fingerprint density at radius 2 is 1.05 bits per heavy atom. The van der Waals surface area contributed by atoms with Crippen LogP contribution in [0.5, 0.6) is 0 Å². The Bertz CT molecular complexity index is 1050. The summed E-state index contributed by atoms with van der Waals surface area (Å²) in [5, 5.41) is 0. The van der Waals surface area contributed by atoms with Gasteiger partial charge >= 0.3 is 63.3 Å². The van der Waals surface area contributed by atoms with Crippen molar-refractivity contribution in [2.75, 3.05) is 13.2 Å². The van der Waals surface area contributed by atoms with Crippen molar-refractivity contribution in [3.8, 4) is 0 Å². The van der Waals surface area contributed by atoms with Gasteiger partial charge in [-0.25, -0.2) is 18.0 Å². The molecular formula is C34H53KO7S. The number of carbonyl (C=O) groups is 2. The summed E-state index contributed by atoms with van der Waals surface area (Å²) in [6, 6.07) is 3.58. The van der Waals surface area contributed by atoms with E-state index in [2.05, 4.69) is 24.3 Å². The standard InChI is InChI=1S/C34H54O7S.K/c1-3-5-7-9-11-13-15-17-19-21-23-28-40-33(35)30-26-25-27-31(42(37,38)39)32(30)34(36)41-29-24-22-20-18-16-14-12-10-8-6-4-2;/h3-6,25-27H,7-24,28-29H2,1-2H3,(H,37,38,39);/q;+1/p-1/b5-3+,6-4+;. The predicted molar refractivity (Wildman–Crippen MR) is 168 cm³/mol. The average molecular weight is 645 g/mol. The van der Waals surface area contributed by atoms with Gasteiger partial charge in [-0.2, -0.15) is 0 Å². The number of allylic oxidation sites excluding steroid dienone is 4. The minimum Gasteiger partial charge on any atom is -0.744 e. The second kappa shape index (κ2) is 27.5. The van der Waals surface area contributed by atoms with Gasteiger partial charge in [0.2, 0.25) is 0 Å². The number of hydrogen-bond acceptors (Lipinski definition) is 7. The molecule has 0 radical (unpaired) electrons. The third kappa shape index (κ3) is 20.8. The Morgan fingerprint density at radius 1 is 0.651 bits per heavy atom. The summed E-state index contributed by atoms with van der Waals surface area (Å²) in [7, 11) is -5.00. The zero-order chi connectivity index (χ0) is 30.9. The third-order valence-corrected chi connectivity index (χ3v) is 8.07. The molecule has 7 nitrogen and oxygen atoms in total. The molecule has 0 unspecified atom stereocenters. The van der Waals surface area contributed by atoms with Gasteiger partial charge in [-0.05, 0) is 64.5 Å². The van der Waals surface area contributed by atoms with Crippen LogP contribution in [0.25, 0.3) is 0 Å². The van der Waals surface area contributed by atoms with Crippen molar-refractivity contribution < 1.29 is 83.4 Å². The quantitative estimate of drug-likeness (QED) is 0.0417. The van der Waals surface area contributed by atoms with Crippen LogP contribution in [0.1, 0.15) is 150 Å². The van der Waals surface area contributed by atoms with Crippen LogP contribution in [0.3, 0.4) is 0 Å². The molecule has 0 saturated carbocycles. The van der Waals surface area contributed by atoms with Crippen molar-refractivity contribution in [3.05, 3.63) is 53.6 Å². The summed E-state index contributed by atoms with van der Waals surface area (Å²) in [6.07, 6.45) is 27.9. The molecular weight excluding hydrogens is 592 g/mol. The number of carbonyl (C=O) groups excluding carboxylic acids is 2. The van der Waals surface area contributed by atoms with E-state index in [9.17, 15) is 22.6 Å². The summed E-state index contributed by atoms with van der Waals surface area (Å²) in [6.45, 7) is 4.31. The van der Waals surface area contributed by atoms with E-state index in [1.807, 2.05) is 13.8 Å². The summed E-state index contributed by atoms with van der Waals surface area (Å²) in [5.74, 6) is -1.83. The zero-order valence-electron chi connectivity index (χ0n) is 26.9. The van der Waals surface area contributed by atoms with Crippen LogP contribution in [0.4, 0.5) is 0 Å². The van der Waals surface area contributed by atoms with Crippen molar-refractivity contribution in [1.29, 1.82) is 0 Å². The molecule has 0 aliphatic rings. The molecule has 0 bridgehead atoms. The number of ether oxygens (including phenoxy) is 2. The Morgan fingerprint density at radius 3 is 1.47 bits per heavy atom. The molecule has 0 spiro atoms. The first-order valence-corrected chi connectivity index (χ1v) is 17.4. The molecule has 238 valence electrons. The SMILES string of the molecule is C/C=C/CCCCCCCCCCOC(=O)c1cccc(S(=O)(=O)[O-])c1C(=O)OCCCCCCCCCC/C=C/C.[K+]. The smallest absolute Gasteiger partial charge is 0.744 e. The molecule has 0 aliphatic carbocycles. The second-order valence-electron chi connectivity index (χ2n) is 10.8. The van der Waals surface area contributed by atoms with E-state index in [-0.39, 0.29) is 70.2 Å². The number of esters is 2. The van der Waals surface area contributed by atoms with Gasteiger partial charge in [0.25, 0.3) is 0 Å². The van der Waals surface area contributed by atoms with Gasteiger partial charge in [0.15, 0.2) is 0 Å². The normalized spacial score (nSPS) is 11.6. The summed E-state index contributed by atoms with van der Waals surface area (Å²) in [4.78, 5) is 24.9. The van der Waals surface area contributed by atoms with Crippen molar-refractivity contribution >= 4 is 22.1 Å². The van der Waals surface area contributed by atoms with Crippen LogP contribution >= 0.6 is 0 Å². The Labute approximate surface area is 303 Å². The zero-order valence-corrected chi connectivity index (χ0v) is 30.9. The number of benzene rings is 1. The number of unbranched alkanes of at least 4 members (excludes halogenated alkanes) is 16. The molecule has 1 rings (SSSR count). The van der Waals surface area contributed by atoms with Gasteiger partial charge in [-0.1, -0.05) is 107 Å². The first-order valence-electron chi connectivity index (χ1n) is 16.0. The van der Waals surface area contributed by atoms with Gasteiger partial charge in [0.1, 0.15) is 10.1 Å². The van der Waals surface area contributed by atoms with Crippen LogP contribution < -0.4 is 51.4 Å². The van der Waals surface area contributed by atoms with Crippen LogP contribution in [0.15, 0.2) is 47.4 Å². The predicted octanol–water partition coefficient (Wildman–Crippen LogP) is 6.08. The van der Waals surface area contributed by atoms with Gasteiger partial charge in [-0.15, -0.1) is 0 Å². The maximum Gasteiger partial charge on any atom is 1.00 e. The van der Waals surface area contributed by atoms with Crippen molar-refractivity contribution in [2.45, 2.75) is 134 Å². The van der Waals surface area contributed by atoms with Crippen LogP contribution in [0.2, 0.25) is 0 Å². The molecule has 0 aromatic heterocycles. The van der Waals surface area contributed by atoms with Crippen molar-refractivity contribution in [1.82, 2.24) is 0 Å². The fraction of sp³-hybridized carbons (Fsp3) is 0.647. The minimum absolute atomic E-state index is 0.